The average molecular weight is 604 g/mol. The average Bonchev–Trinajstić information content (AvgIpc) is 3.73. The van der Waals surface area contributed by atoms with E-state index in [1.165, 1.54) is 19.3 Å². The minimum absolute atomic E-state index is 0.0205. The van der Waals surface area contributed by atoms with Crippen molar-refractivity contribution >= 4 is 51.3 Å². The molecule has 3 atom stereocenters. The number of hydrogen-bond donors (Lipinski definition) is 3. The molecule has 4 aromatic heterocycles. The topological polar surface area (TPSA) is 163 Å². The van der Waals surface area contributed by atoms with Gasteiger partial charge in [-0.1, -0.05) is 0 Å². The predicted octanol–water partition coefficient (Wildman–Crippen LogP) is 4.69. The number of alkyl carbamates (subject to hydrolysis) is 1. The molecule has 1 saturated carbocycles. The fraction of sp³-hybridized carbons (Fsp3) is 0.379. The number of carboxylic acid groups (broad SMARTS) is 1. The molecule has 1 aliphatic heterocycles. The van der Waals surface area contributed by atoms with Crippen molar-refractivity contribution in [2.24, 2.45) is 5.92 Å². The summed E-state index contributed by atoms with van der Waals surface area (Å²) in [5, 5.41) is 17.8. The van der Waals surface area contributed by atoms with Crippen molar-refractivity contribution in [3.8, 4) is 11.8 Å². The molecule has 7 rings (SSSR count). The van der Waals surface area contributed by atoms with Gasteiger partial charge in [0.1, 0.15) is 22.9 Å². The molecule has 14 nitrogen and oxygen atoms in total. The molecular formula is C29H30FN9O5. The number of aromatic amines is 1. The number of H-pyrrole nitrogens is 1. The molecule has 0 unspecified atom stereocenters. The predicted molar refractivity (Wildman–Crippen MR) is 158 cm³/mol. The second kappa shape index (κ2) is 9.92. The lowest BCUT2D eigenvalue weighted by molar-refractivity contribution is 0.0491. The molecular weight excluding hydrogens is 573 g/mol. The summed E-state index contributed by atoms with van der Waals surface area (Å²) in [4.78, 5) is 44.3. The van der Waals surface area contributed by atoms with Gasteiger partial charge in [-0.2, -0.15) is 15.1 Å². The summed E-state index contributed by atoms with van der Waals surface area (Å²) in [7, 11) is 1.35. The Bertz CT molecular complexity index is 1950. The van der Waals surface area contributed by atoms with E-state index in [-0.39, 0.29) is 29.7 Å². The number of carbonyl (C=O) groups excluding carboxylic acids is 1. The highest BCUT2D eigenvalue weighted by Crippen LogP contribution is 2.45. The summed E-state index contributed by atoms with van der Waals surface area (Å²) in [5.41, 5.74) is 0.922. The molecule has 1 aromatic carbocycles. The quantitative estimate of drug-likeness (QED) is 0.257. The van der Waals surface area contributed by atoms with Crippen LogP contribution >= 0.6 is 0 Å². The first-order valence-electron chi connectivity index (χ1n) is 14.2. The van der Waals surface area contributed by atoms with Gasteiger partial charge in [0, 0.05) is 37.1 Å². The molecule has 5 heterocycles. The van der Waals surface area contributed by atoms with Crippen molar-refractivity contribution in [2.75, 3.05) is 23.4 Å². The number of hydrogen-bond acceptors (Lipinski definition) is 9. The van der Waals surface area contributed by atoms with Crippen molar-refractivity contribution in [3.05, 3.63) is 42.6 Å². The minimum Gasteiger partial charge on any atom is -0.465 e. The maximum absolute atomic E-state index is 15.0. The van der Waals surface area contributed by atoms with Crippen LogP contribution in [0.5, 0.6) is 11.8 Å². The second-order valence-electron chi connectivity index (χ2n) is 12.2. The summed E-state index contributed by atoms with van der Waals surface area (Å²) < 4.78 is 28.0. The number of anilines is 2. The molecule has 3 N–H and O–H groups in total. The van der Waals surface area contributed by atoms with E-state index in [1.54, 1.807) is 23.0 Å². The Hall–Kier alpha value is -5.21. The molecule has 1 saturated heterocycles. The van der Waals surface area contributed by atoms with Gasteiger partial charge in [0.05, 0.1) is 35.2 Å². The molecule has 2 bridgehead atoms. The molecule has 0 radical (unpaired) electrons. The lowest BCUT2D eigenvalue weighted by Gasteiger charge is -2.33. The summed E-state index contributed by atoms with van der Waals surface area (Å²) >= 11 is 0. The van der Waals surface area contributed by atoms with Crippen LogP contribution in [0.15, 0.2) is 36.8 Å². The van der Waals surface area contributed by atoms with Gasteiger partial charge in [0.15, 0.2) is 11.4 Å². The fourth-order valence-corrected chi connectivity index (χ4v) is 6.23. The van der Waals surface area contributed by atoms with E-state index in [1.807, 2.05) is 20.8 Å². The van der Waals surface area contributed by atoms with Crippen LogP contribution in [-0.4, -0.2) is 78.1 Å². The number of nitrogens with one attached hydrogen (secondary N) is 2. The molecule has 1 aliphatic carbocycles. The summed E-state index contributed by atoms with van der Waals surface area (Å²) in [6, 6.07) is 4.23. The van der Waals surface area contributed by atoms with Crippen LogP contribution in [0, 0.1) is 11.7 Å². The lowest BCUT2D eigenvalue weighted by atomic mass is 10.0. The third kappa shape index (κ3) is 4.83. The second-order valence-corrected chi connectivity index (χ2v) is 12.2. The Balaban J connectivity index is 1.30. The van der Waals surface area contributed by atoms with E-state index in [4.69, 9.17) is 14.5 Å². The van der Waals surface area contributed by atoms with Gasteiger partial charge in [0.25, 0.3) is 0 Å². The molecule has 228 valence electrons. The van der Waals surface area contributed by atoms with Crippen molar-refractivity contribution in [2.45, 2.75) is 51.3 Å². The number of carbonyl (C=O) groups is 2. The minimum atomic E-state index is -1.24. The molecule has 2 amide bonds. The maximum atomic E-state index is 15.0. The van der Waals surface area contributed by atoms with Gasteiger partial charge >= 0.3 is 18.2 Å². The first-order chi connectivity index (χ1) is 20.9. The molecule has 2 fully saturated rings. The first kappa shape index (κ1) is 27.6. The first-order valence-corrected chi connectivity index (χ1v) is 14.2. The lowest BCUT2D eigenvalue weighted by Crippen LogP contribution is -2.47. The van der Waals surface area contributed by atoms with Crippen LogP contribution in [0.4, 0.5) is 25.5 Å². The molecule has 5 aromatic rings. The van der Waals surface area contributed by atoms with Crippen LogP contribution in [0.1, 0.15) is 33.6 Å². The van der Waals surface area contributed by atoms with Crippen molar-refractivity contribution < 1.29 is 28.6 Å². The number of rotatable bonds is 5. The Morgan fingerprint density at radius 3 is 2.77 bits per heavy atom. The van der Waals surface area contributed by atoms with Gasteiger partial charge in [-0.25, -0.2) is 23.5 Å². The van der Waals surface area contributed by atoms with E-state index in [9.17, 15) is 19.1 Å². The van der Waals surface area contributed by atoms with Crippen molar-refractivity contribution in [1.29, 1.82) is 0 Å². The fourth-order valence-electron chi connectivity index (χ4n) is 6.23. The van der Waals surface area contributed by atoms with E-state index < -0.39 is 23.6 Å². The molecule has 0 spiro atoms. The normalized spacial score (nSPS) is 19.7. The Labute approximate surface area is 249 Å². The molecule has 44 heavy (non-hydrogen) atoms. The van der Waals surface area contributed by atoms with Gasteiger partial charge in [-0.3, -0.25) is 4.90 Å². The zero-order valence-corrected chi connectivity index (χ0v) is 24.4. The SMILES string of the molecule is CN(C(=O)O)c1cc(F)cc2c1[nH]c1nc(Oc3cnc4ccnn4c3)nc(N3C[C@H]4C[C@@H]3C[C@H]4NC(=O)OC(C)(C)C)c12. The number of benzene rings is 1. The van der Waals surface area contributed by atoms with Crippen molar-refractivity contribution in [3.63, 3.8) is 0 Å². The largest absolute Gasteiger partial charge is 0.465 e. The number of nitrogens with zero attached hydrogens (tertiary/aromatic N) is 7. The number of piperidine rings is 1. The number of amides is 2. The van der Waals surface area contributed by atoms with E-state index in [0.717, 1.165) is 17.4 Å². The number of fused-ring (bicyclic) bond motifs is 6. The smallest absolute Gasteiger partial charge is 0.411 e. The number of halogens is 1. The third-order valence-electron chi connectivity index (χ3n) is 8.06. The zero-order valence-electron chi connectivity index (χ0n) is 24.4. The Kier molecular flexibility index (Phi) is 6.23. The van der Waals surface area contributed by atoms with Gasteiger partial charge in [-0.05, 0) is 51.7 Å². The van der Waals surface area contributed by atoms with Crippen molar-refractivity contribution in [1.82, 2.24) is 34.9 Å². The molecule has 15 heteroatoms. The highest BCUT2D eigenvalue weighted by atomic mass is 19.1. The van der Waals surface area contributed by atoms with Gasteiger partial charge in [0.2, 0.25) is 0 Å². The Morgan fingerprint density at radius 1 is 1.23 bits per heavy atom. The van der Waals surface area contributed by atoms with Gasteiger partial charge in [-0.15, -0.1) is 0 Å². The third-order valence-corrected chi connectivity index (χ3v) is 8.06. The summed E-state index contributed by atoms with van der Waals surface area (Å²) in [6.07, 6.45) is 4.59. The Morgan fingerprint density at radius 2 is 2.05 bits per heavy atom. The van der Waals surface area contributed by atoms with E-state index in [2.05, 4.69) is 30.3 Å². The maximum Gasteiger partial charge on any atom is 0.411 e. The highest BCUT2D eigenvalue weighted by molar-refractivity contribution is 6.16. The van der Waals surface area contributed by atoms with Crippen LogP contribution < -0.4 is 19.9 Å². The van der Waals surface area contributed by atoms with E-state index >= 15 is 0 Å². The zero-order chi connectivity index (χ0) is 30.9. The van der Waals surface area contributed by atoms with Gasteiger partial charge < -0.3 is 29.8 Å². The van der Waals surface area contributed by atoms with Crippen LogP contribution in [-0.2, 0) is 4.74 Å². The van der Waals surface area contributed by atoms with Crippen LogP contribution in [0.3, 0.4) is 0 Å². The number of ether oxygens (including phenoxy) is 2. The number of aromatic nitrogens is 6. The standard InChI is InChI=1S/C29H30FN9O5/c1-29(2,3)44-27(40)33-19-10-16-7-14(19)12-38(16)25-22-18-8-15(30)9-20(37(4)28(41)42)23(18)34-24(22)35-26(36-25)43-17-11-31-21-5-6-32-39(21)13-17/h5-6,8-9,11,13-14,16,19H,7,10,12H2,1-4H3,(H,33,40)(H,41,42)(H,34,35,36)/t14-,16-,19-/m1/s1. The monoisotopic (exact) mass is 603 g/mol. The van der Waals surface area contributed by atoms with E-state index in [0.29, 0.717) is 52.1 Å². The molecule has 2 aliphatic rings. The summed E-state index contributed by atoms with van der Waals surface area (Å²) in [5.74, 6) is 0.395. The summed E-state index contributed by atoms with van der Waals surface area (Å²) in [6.45, 7) is 6.04. The highest BCUT2D eigenvalue weighted by Gasteiger charge is 2.47. The van der Waals surface area contributed by atoms with Crippen LogP contribution in [0.25, 0.3) is 27.6 Å². The van der Waals surface area contributed by atoms with Crippen LogP contribution in [0.2, 0.25) is 0 Å².